The van der Waals surface area contributed by atoms with E-state index in [4.69, 9.17) is 9.47 Å². The van der Waals surface area contributed by atoms with E-state index in [9.17, 15) is 9.59 Å². The molecule has 0 unspecified atom stereocenters. The van der Waals surface area contributed by atoms with Gasteiger partial charge < -0.3 is 19.7 Å². The van der Waals surface area contributed by atoms with Gasteiger partial charge in [-0.05, 0) is 56.9 Å². The zero-order chi connectivity index (χ0) is 21.6. The minimum Gasteiger partial charge on any atom is -0.490 e. The predicted molar refractivity (Wildman–Crippen MR) is 116 cm³/mol. The van der Waals surface area contributed by atoms with Crippen molar-refractivity contribution >= 4 is 11.8 Å². The molecule has 2 heterocycles. The van der Waals surface area contributed by atoms with E-state index in [1.54, 1.807) is 30.6 Å². The van der Waals surface area contributed by atoms with Gasteiger partial charge in [-0.25, -0.2) is 0 Å². The molecule has 1 N–H and O–H groups in total. The van der Waals surface area contributed by atoms with E-state index in [-0.39, 0.29) is 23.8 Å². The highest BCUT2D eigenvalue weighted by Crippen LogP contribution is 2.31. The second-order valence-corrected chi connectivity index (χ2v) is 8.09. The van der Waals surface area contributed by atoms with Gasteiger partial charge in [0.25, 0.3) is 5.91 Å². The number of piperidine rings is 1. The lowest BCUT2D eigenvalue weighted by atomic mass is 10.0. The number of carbonyl (C=O) groups is 2. The highest BCUT2D eigenvalue weighted by atomic mass is 16.5. The summed E-state index contributed by atoms with van der Waals surface area (Å²) < 4.78 is 11.6. The quantitative estimate of drug-likeness (QED) is 0.705. The van der Waals surface area contributed by atoms with Crippen molar-refractivity contribution in [3.8, 4) is 11.5 Å². The van der Waals surface area contributed by atoms with E-state index in [1.165, 1.54) is 0 Å². The first kappa shape index (κ1) is 21.2. The predicted octanol–water partition coefficient (Wildman–Crippen LogP) is 3.19. The Hall–Kier alpha value is -3.09. The molecule has 0 atom stereocenters. The molecule has 164 valence electrons. The summed E-state index contributed by atoms with van der Waals surface area (Å²) in [4.78, 5) is 30.9. The molecule has 2 fully saturated rings. The summed E-state index contributed by atoms with van der Waals surface area (Å²) in [5.41, 5.74) is 1.54. The molecule has 7 heteroatoms. The van der Waals surface area contributed by atoms with Crippen molar-refractivity contribution < 1.29 is 19.1 Å². The molecule has 4 rings (SSSR count). The molecule has 0 bridgehead atoms. The van der Waals surface area contributed by atoms with E-state index in [1.807, 2.05) is 24.0 Å². The molecular weight excluding hydrogens is 394 g/mol. The Balaban J connectivity index is 1.36. The van der Waals surface area contributed by atoms with Gasteiger partial charge in [0.05, 0.1) is 6.61 Å². The molecular formula is C24H29N3O4. The zero-order valence-electron chi connectivity index (χ0n) is 17.9. The molecule has 0 radical (unpaired) electrons. The summed E-state index contributed by atoms with van der Waals surface area (Å²) >= 11 is 0. The maximum Gasteiger partial charge on any atom is 0.253 e. The van der Waals surface area contributed by atoms with Crippen LogP contribution in [0.25, 0.3) is 0 Å². The van der Waals surface area contributed by atoms with Crippen LogP contribution in [0.2, 0.25) is 0 Å². The fourth-order valence-corrected chi connectivity index (χ4v) is 3.75. The van der Waals surface area contributed by atoms with Crippen LogP contribution in [0, 0.1) is 5.92 Å². The fraction of sp³-hybridized carbons (Fsp3) is 0.458. The first-order valence-corrected chi connectivity index (χ1v) is 11.0. The van der Waals surface area contributed by atoms with Crippen LogP contribution in [0.5, 0.6) is 11.5 Å². The van der Waals surface area contributed by atoms with E-state index in [0.717, 1.165) is 31.2 Å². The Morgan fingerprint density at radius 2 is 1.90 bits per heavy atom. The van der Waals surface area contributed by atoms with Crippen LogP contribution in [0.1, 0.15) is 48.5 Å². The number of pyridine rings is 1. The lowest BCUT2D eigenvalue weighted by Gasteiger charge is -2.32. The van der Waals surface area contributed by atoms with Gasteiger partial charge in [-0.15, -0.1) is 0 Å². The minimum absolute atomic E-state index is 0.0215. The van der Waals surface area contributed by atoms with Crippen molar-refractivity contribution in [1.82, 2.24) is 15.2 Å². The third kappa shape index (κ3) is 5.54. The number of rotatable bonds is 8. The summed E-state index contributed by atoms with van der Waals surface area (Å²) in [5.74, 6) is 1.53. The SMILES string of the molecule is CCOc1cc(C(=O)N2CCC(NC(=O)C3CC3)CC2)ccc1OCc1cccnc1. The van der Waals surface area contributed by atoms with Gasteiger partial charge in [-0.1, -0.05) is 6.07 Å². The first-order valence-electron chi connectivity index (χ1n) is 11.0. The normalized spacial score (nSPS) is 16.6. The van der Waals surface area contributed by atoms with E-state index in [2.05, 4.69) is 10.3 Å². The number of aromatic nitrogens is 1. The largest absolute Gasteiger partial charge is 0.490 e. The molecule has 1 aliphatic carbocycles. The highest BCUT2D eigenvalue weighted by Gasteiger charge is 2.32. The van der Waals surface area contributed by atoms with Gasteiger partial charge in [-0.2, -0.15) is 0 Å². The molecule has 1 aromatic carbocycles. The molecule has 0 spiro atoms. The smallest absolute Gasteiger partial charge is 0.253 e. The van der Waals surface area contributed by atoms with Crippen LogP contribution in [0.15, 0.2) is 42.7 Å². The number of likely N-dealkylation sites (tertiary alicyclic amines) is 1. The van der Waals surface area contributed by atoms with Gasteiger partial charge in [0.15, 0.2) is 11.5 Å². The molecule has 31 heavy (non-hydrogen) atoms. The van der Waals surface area contributed by atoms with Crippen molar-refractivity contribution in [3.05, 3.63) is 53.9 Å². The molecule has 7 nitrogen and oxygen atoms in total. The Kier molecular flexibility index (Phi) is 6.70. The van der Waals surface area contributed by atoms with Crippen molar-refractivity contribution in [2.75, 3.05) is 19.7 Å². The maximum absolute atomic E-state index is 13.0. The van der Waals surface area contributed by atoms with E-state index in [0.29, 0.717) is 43.4 Å². The van der Waals surface area contributed by atoms with Gasteiger partial charge >= 0.3 is 0 Å². The Morgan fingerprint density at radius 1 is 1.10 bits per heavy atom. The van der Waals surface area contributed by atoms with Crippen LogP contribution < -0.4 is 14.8 Å². The van der Waals surface area contributed by atoms with Gasteiger partial charge in [-0.3, -0.25) is 14.6 Å². The number of hydrogen-bond donors (Lipinski definition) is 1. The molecule has 2 amide bonds. The summed E-state index contributed by atoms with van der Waals surface area (Å²) in [6, 6.07) is 9.30. The maximum atomic E-state index is 13.0. The summed E-state index contributed by atoms with van der Waals surface area (Å²) in [7, 11) is 0. The van der Waals surface area contributed by atoms with Crippen LogP contribution >= 0.6 is 0 Å². The number of carbonyl (C=O) groups excluding carboxylic acids is 2. The molecule has 1 aliphatic heterocycles. The zero-order valence-corrected chi connectivity index (χ0v) is 17.9. The standard InChI is InChI=1S/C24H29N3O4/c1-2-30-22-14-19(7-8-21(22)31-16-17-4-3-11-25-15-17)24(29)27-12-9-20(10-13-27)26-23(28)18-5-6-18/h3-4,7-8,11,14-15,18,20H,2,5-6,9-10,12-13,16H2,1H3,(H,26,28). The summed E-state index contributed by atoms with van der Waals surface area (Å²) in [6.45, 7) is 4.03. The molecule has 2 aliphatic rings. The lowest BCUT2D eigenvalue weighted by Crippen LogP contribution is -2.46. The topological polar surface area (TPSA) is 80.8 Å². The van der Waals surface area contributed by atoms with Crippen LogP contribution in [-0.2, 0) is 11.4 Å². The first-order chi connectivity index (χ1) is 15.1. The number of nitrogens with one attached hydrogen (secondary N) is 1. The van der Waals surface area contributed by atoms with Crippen LogP contribution in [-0.4, -0.2) is 47.4 Å². The minimum atomic E-state index is -0.0215. The van der Waals surface area contributed by atoms with Crippen molar-refractivity contribution in [1.29, 1.82) is 0 Å². The highest BCUT2D eigenvalue weighted by molar-refractivity contribution is 5.95. The van der Waals surface area contributed by atoms with Gasteiger partial charge in [0.1, 0.15) is 6.61 Å². The molecule has 1 aromatic heterocycles. The Morgan fingerprint density at radius 3 is 2.58 bits per heavy atom. The number of benzene rings is 1. The van der Waals surface area contributed by atoms with Gasteiger partial charge in [0.2, 0.25) is 5.91 Å². The van der Waals surface area contributed by atoms with Gasteiger partial charge in [0, 0.05) is 48.6 Å². The summed E-state index contributed by atoms with van der Waals surface area (Å²) in [6.07, 6.45) is 7.07. The third-order valence-corrected chi connectivity index (χ3v) is 5.68. The van der Waals surface area contributed by atoms with E-state index >= 15 is 0 Å². The molecule has 1 saturated carbocycles. The van der Waals surface area contributed by atoms with E-state index < -0.39 is 0 Å². The van der Waals surface area contributed by atoms with Crippen LogP contribution in [0.3, 0.4) is 0 Å². The Bertz CT molecular complexity index is 906. The number of hydrogen-bond acceptors (Lipinski definition) is 5. The summed E-state index contributed by atoms with van der Waals surface area (Å²) in [5, 5.41) is 3.12. The second-order valence-electron chi connectivity index (χ2n) is 8.09. The fourth-order valence-electron chi connectivity index (χ4n) is 3.75. The molecule has 1 saturated heterocycles. The lowest BCUT2D eigenvalue weighted by molar-refractivity contribution is -0.123. The third-order valence-electron chi connectivity index (χ3n) is 5.68. The second kappa shape index (κ2) is 9.81. The number of amides is 2. The van der Waals surface area contributed by atoms with Crippen LogP contribution in [0.4, 0.5) is 0 Å². The average Bonchev–Trinajstić information content (AvgIpc) is 3.65. The van der Waals surface area contributed by atoms with Crippen molar-refractivity contribution in [3.63, 3.8) is 0 Å². The molecule has 2 aromatic rings. The monoisotopic (exact) mass is 423 g/mol. The average molecular weight is 424 g/mol. The Labute approximate surface area is 182 Å². The van der Waals surface area contributed by atoms with Crippen molar-refractivity contribution in [2.45, 2.75) is 45.3 Å². The number of ether oxygens (including phenoxy) is 2. The van der Waals surface area contributed by atoms with Crippen molar-refractivity contribution in [2.24, 2.45) is 5.92 Å². The number of nitrogens with zero attached hydrogens (tertiary/aromatic N) is 2.